The van der Waals surface area contributed by atoms with Gasteiger partial charge < -0.3 is 18.6 Å². The Kier molecular flexibility index (Phi) is 9.63. The maximum atomic E-state index is 13.5. The van der Waals surface area contributed by atoms with Crippen LogP contribution in [0.2, 0.25) is 18.1 Å². The molecule has 0 amide bonds. The van der Waals surface area contributed by atoms with E-state index in [-0.39, 0.29) is 18.0 Å². The van der Waals surface area contributed by atoms with Crippen LogP contribution in [0.5, 0.6) is 11.5 Å². The SMILES string of the molecule is Cc1cn(C[C@H](OC2(c3ccccc3)c3ccccc3Oc3ccccc32)[C@H]2O[C@@H](n3cc(C)c(=O)[nH]c3=O)C[C@@H]2O[Si](C)(C)C(C)(C)C)c(=O)[nH]c1=O. The molecule has 2 aliphatic rings. The average Bonchev–Trinajstić information content (AvgIpc) is 3.53. The minimum atomic E-state index is -2.51. The summed E-state index contributed by atoms with van der Waals surface area (Å²) in [6.45, 7) is 14.0. The van der Waals surface area contributed by atoms with Gasteiger partial charge >= 0.3 is 11.4 Å². The molecule has 0 unspecified atom stereocenters. The molecule has 4 heterocycles. The molecule has 0 spiro atoms. The topological polar surface area (TPSA) is 147 Å². The fourth-order valence-electron chi connectivity index (χ4n) is 7.15. The van der Waals surface area contributed by atoms with Crippen molar-refractivity contribution in [3.8, 4) is 11.5 Å². The Bertz CT molecular complexity index is 2380. The van der Waals surface area contributed by atoms with Gasteiger partial charge in [-0.05, 0) is 49.7 Å². The number of ether oxygens (including phenoxy) is 3. The van der Waals surface area contributed by atoms with Gasteiger partial charge in [0.1, 0.15) is 29.9 Å². The summed E-state index contributed by atoms with van der Waals surface area (Å²) < 4.78 is 31.0. The van der Waals surface area contributed by atoms with Crippen molar-refractivity contribution in [3.05, 3.63) is 161 Å². The monoisotopic (exact) mass is 750 g/mol. The first-order chi connectivity index (χ1) is 25.6. The second-order valence-electron chi connectivity index (χ2n) is 15.7. The van der Waals surface area contributed by atoms with E-state index in [4.69, 9.17) is 18.6 Å². The van der Waals surface area contributed by atoms with Gasteiger partial charge in [-0.15, -0.1) is 0 Å². The summed E-state index contributed by atoms with van der Waals surface area (Å²) in [5, 5.41) is -0.186. The van der Waals surface area contributed by atoms with Gasteiger partial charge in [-0.1, -0.05) is 87.5 Å². The van der Waals surface area contributed by atoms with Gasteiger partial charge in [0.25, 0.3) is 11.1 Å². The fraction of sp³-hybridized carbons (Fsp3) is 0.366. The first-order valence-electron chi connectivity index (χ1n) is 18.1. The van der Waals surface area contributed by atoms with Crippen LogP contribution in [-0.4, -0.2) is 45.7 Å². The maximum absolute atomic E-state index is 13.5. The molecule has 0 bridgehead atoms. The Balaban J connectivity index is 1.46. The van der Waals surface area contributed by atoms with Crippen LogP contribution in [0, 0.1) is 13.8 Å². The summed E-state index contributed by atoms with van der Waals surface area (Å²) in [6, 6.07) is 25.2. The third kappa shape index (κ3) is 6.65. The quantitative estimate of drug-likeness (QED) is 0.178. The summed E-state index contributed by atoms with van der Waals surface area (Å²) in [7, 11) is -2.51. The van der Waals surface area contributed by atoms with Gasteiger partial charge in [-0.3, -0.25) is 28.7 Å². The zero-order chi connectivity index (χ0) is 38.6. The number of benzene rings is 3. The molecule has 0 radical (unpaired) electrons. The molecule has 1 saturated heterocycles. The number of aromatic amines is 2. The van der Waals surface area contributed by atoms with Gasteiger partial charge in [0.05, 0.1) is 12.6 Å². The van der Waals surface area contributed by atoms with E-state index < -0.39 is 61.0 Å². The van der Waals surface area contributed by atoms with Crippen molar-refractivity contribution in [2.75, 3.05) is 0 Å². The maximum Gasteiger partial charge on any atom is 0.330 e. The summed E-state index contributed by atoms with van der Waals surface area (Å²) in [5.41, 5.74) is -0.458. The molecule has 12 nitrogen and oxygen atoms in total. The van der Waals surface area contributed by atoms with E-state index in [1.165, 1.54) is 21.5 Å². The number of nitrogens with one attached hydrogen (secondary N) is 2. The summed E-state index contributed by atoms with van der Waals surface area (Å²) >= 11 is 0. The van der Waals surface area contributed by atoms with Gasteiger partial charge in [0.15, 0.2) is 13.9 Å². The summed E-state index contributed by atoms with van der Waals surface area (Å²) in [4.78, 5) is 56.6. The number of para-hydroxylation sites is 2. The number of fused-ring (bicyclic) bond motifs is 2. The number of hydrogen-bond donors (Lipinski definition) is 2. The van der Waals surface area contributed by atoms with Crippen LogP contribution in [0.25, 0.3) is 0 Å². The Morgan fingerprint density at radius 2 is 1.37 bits per heavy atom. The highest BCUT2D eigenvalue weighted by Crippen LogP contribution is 2.54. The first kappa shape index (κ1) is 37.2. The third-order valence-corrected chi connectivity index (χ3v) is 15.5. The van der Waals surface area contributed by atoms with Crippen LogP contribution in [0.3, 0.4) is 0 Å². The molecule has 3 aromatic carbocycles. The van der Waals surface area contributed by atoms with E-state index in [0.29, 0.717) is 22.6 Å². The molecule has 2 aliphatic heterocycles. The lowest BCUT2D eigenvalue weighted by Gasteiger charge is -2.45. The number of aryl methyl sites for hydroxylation is 2. The van der Waals surface area contributed by atoms with Crippen molar-refractivity contribution in [1.82, 2.24) is 19.1 Å². The van der Waals surface area contributed by atoms with E-state index >= 15 is 0 Å². The molecule has 282 valence electrons. The van der Waals surface area contributed by atoms with Crippen LogP contribution >= 0.6 is 0 Å². The Morgan fingerprint density at radius 1 is 0.815 bits per heavy atom. The molecular formula is C41H46N4O8Si. The highest BCUT2D eigenvalue weighted by Gasteiger charge is 2.53. The minimum Gasteiger partial charge on any atom is -0.457 e. The Labute approximate surface area is 313 Å². The number of nitrogens with zero attached hydrogens (tertiary/aromatic N) is 2. The molecule has 5 aromatic rings. The third-order valence-electron chi connectivity index (χ3n) is 11.0. The van der Waals surface area contributed by atoms with Crippen molar-refractivity contribution in [2.45, 2.75) is 95.9 Å². The lowest BCUT2D eigenvalue weighted by atomic mass is 9.77. The molecule has 2 aromatic heterocycles. The van der Waals surface area contributed by atoms with E-state index in [1.807, 2.05) is 78.9 Å². The van der Waals surface area contributed by atoms with Gasteiger partial charge in [-0.25, -0.2) is 9.59 Å². The first-order valence-corrected chi connectivity index (χ1v) is 21.1. The molecular weight excluding hydrogens is 705 g/mol. The van der Waals surface area contributed by atoms with E-state index in [0.717, 1.165) is 16.7 Å². The molecule has 4 atom stereocenters. The standard InChI is InChI=1S/C41H46N4O8Si/c1-25-22-44(38(48)42-36(25)46)24-33(35-32(53-54(6,7)40(3,4)5)21-34(51-35)45-23-26(2)37(47)43-39(45)49)52-41(27-15-9-8-10-16-27)28-17-11-13-19-30(28)50-31-20-14-12-18-29(31)41/h8-20,22-23,32-35H,21,24H2,1-7H3,(H,42,46,48)(H,43,47,49)/t32-,33-,34+,35-/m0/s1. The second-order valence-corrected chi connectivity index (χ2v) is 20.5. The van der Waals surface area contributed by atoms with Crippen molar-refractivity contribution < 1.29 is 18.6 Å². The summed E-state index contributed by atoms with van der Waals surface area (Å²) in [5.74, 6) is 1.20. The number of rotatable bonds is 9. The number of aromatic nitrogens is 4. The van der Waals surface area contributed by atoms with Crippen molar-refractivity contribution in [3.63, 3.8) is 0 Å². The highest BCUT2D eigenvalue weighted by atomic mass is 28.4. The van der Waals surface area contributed by atoms with E-state index in [9.17, 15) is 19.2 Å². The number of H-pyrrole nitrogens is 2. The molecule has 2 N–H and O–H groups in total. The normalized spacial score (nSPS) is 19.8. The van der Waals surface area contributed by atoms with Crippen LogP contribution < -0.4 is 27.2 Å². The fourth-order valence-corrected chi connectivity index (χ4v) is 8.49. The molecule has 1 fully saturated rings. The zero-order valence-electron chi connectivity index (χ0n) is 31.5. The molecule has 7 rings (SSSR count). The van der Waals surface area contributed by atoms with Gasteiger partial charge in [-0.2, -0.15) is 0 Å². The highest BCUT2D eigenvalue weighted by molar-refractivity contribution is 6.74. The summed E-state index contributed by atoms with van der Waals surface area (Å²) in [6.07, 6.45) is 0.0328. The van der Waals surface area contributed by atoms with Gasteiger partial charge in [0, 0.05) is 41.1 Å². The number of hydrogen-bond acceptors (Lipinski definition) is 8. The predicted octanol–water partition coefficient (Wildman–Crippen LogP) is 5.86. The smallest absolute Gasteiger partial charge is 0.330 e. The lowest BCUT2D eigenvalue weighted by molar-refractivity contribution is -0.149. The average molecular weight is 751 g/mol. The Morgan fingerprint density at radius 3 is 1.98 bits per heavy atom. The van der Waals surface area contributed by atoms with E-state index in [1.54, 1.807) is 13.8 Å². The van der Waals surface area contributed by atoms with E-state index in [2.05, 4.69) is 43.8 Å². The van der Waals surface area contributed by atoms with Crippen molar-refractivity contribution in [1.29, 1.82) is 0 Å². The van der Waals surface area contributed by atoms with Crippen molar-refractivity contribution in [2.24, 2.45) is 0 Å². The van der Waals surface area contributed by atoms with Crippen LogP contribution in [-0.2, 0) is 26.0 Å². The van der Waals surface area contributed by atoms with Crippen LogP contribution in [0.1, 0.15) is 61.2 Å². The van der Waals surface area contributed by atoms with Crippen LogP contribution in [0.15, 0.2) is 110 Å². The van der Waals surface area contributed by atoms with Crippen LogP contribution in [0.4, 0.5) is 0 Å². The van der Waals surface area contributed by atoms with Crippen molar-refractivity contribution >= 4 is 8.32 Å². The molecule has 54 heavy (non-hydrogen) atoms. The predicted molar refractivity (Wildman–Crippen MR) is 207 cm³/mol. The van der Waals surface area contributed by atoms with Gasteiger partial charge in [0.2, 0.25) is 0 Å². The molecule has 13 heteroatoms. The lowest BCUT2D eigenvalue weighted by Crippen LogP contribution is -2.52. The largest absolute Gasteiger partial charge is 0.457 e. The second kappa shape index (κ2) is 14.0. The minimum absolute atomic E-state index is 0.0511. The molecule has 0 saturated carbocycles. The Hall–Kier alpha value is -5.08. The molecule has 0 aliphatic carbocycles. The zero-order valence-corrected chi connectivity index (χ0v) is 32.5.